The largest absolute Gasteiger partial charge is 0.352 e. The van der Waals surface area contributed by atoms with Crippen LogP contribution in [-0.4, -0.2) is 17.4 Å². The Bertz CT molecular complexity index is 428. The minimum atomic E-state index is -0.0761. The van der Waals surface area contributed by atoms with Gasteiger partial charge in [0.25, 0.3) is 5.91 Å². The summed E-state index contributed by atoms with van der Waals surface area (Å²) in [4.78, 5) is 14.7. The number of hydrogen-bond donors (Lipinski definition) is 2. The van der Waals surface area contributed by atoms with Gasteiger partial charge in [0.1, 0.15) is 4.64 Å². The van der Waals surface area contributed by atoms with Gasteiger partial charge in [-0.1, -0.05) is 57.7 Å². The van der Waals surface area contributed by atoms with Gasteiger partial charge in [0, 0.05) is 12.7 Å². The molecule has 0 saturated heterocycles. The molecule has 0 radical (unpaired) electrons. The zero-order chi connectivity index (χ0) is 13.9. The Morgan fingerprint density at radius 3 is 2.58 bits per heavy atom. The fraction of sp³-hybridized carbons (Fsp3) is 0.600. The molecule has 2 N–H and O–H groups in total. The summed E-state index contributed by atoms with van der Waals surface area (Å²) >= 11 is 5.07. The quantitative estimate of drug-likeness (QED) is 0.525. The third kappa shape index (κ3) is 6.53. The van der Waals surface area contributed by atoms with E-state index in [0.29, 0.717) is 10.2 Å². The van der Waals surface area contributed by atoms with Crippen molar-refractivity contribution in [2.75, 3.05) is 6.54 Å². The first-order valence-electron chi connectivity index (χ1n) is 7.21. The number of carbonyl (C=O) groups is 1. The lowest BCUT2D eigenvalue weighted by molar-refractivity contribution is 0.0952. The first kappa shape index (κ1) is 15.9. The Hall–Kier alpha value is -1.16. The van der Waals surface area contributed by atoms with E-state index in [1.807, 2.05) is 0 Å². The van der Waals surface area contributed by atoms with Crippen LogP contribution in [0, 0.1) is 4.64 Å². The number of amides is 1. The third-order valence-electron chi connectivity index (χ3n) is 3.13. The summed E-state index contributed by atoms with van der Waals surface area (Å²) in [7, 11) is 0. The molecular weight excluding hydrogens is 256 g/mol. The summed E-state index contributed by atoms with van der Waals surface area (Å²) in [5.74, 6) is -0.0761. The Morgan fingerprint density at radius 1 is 1.21 bits per heavy atom. The molecule has 0 spiro atoms. The van der Waals surface area contributed by atoms with Crippen LogP contribution < -0.4 is 5.32 Å². The highest BCUT2D eigenvalue weighted by Crippen LogP contribution is 2.06. The van der Waals surface area contributed by atoms with Crippen molar-refractivity contribution in [1.29, 1.82) is 0 Å². The molecule has 106 valence electrons. The molecule has 0 saturated carbocycles. The number of carbonyl (C=O) groups excluding carboxylic acids is 1. The second-order valence-corrected chi connectivity index (χ2v) is 5.20. The predicted molar refractivity (Wildman–Crippen MR) is 82.0 cm³/mol. The molecule has 19 heavy (non-hydrogen) atoms. The number of nitrogens with one attached hydrogen (secondary N) is 2. The summed E-state index contributed by atoms with van der Waals surface area (Å²) in [6.45, 7) is 2.96. The molecule has 1 aromatic rings. The molecule has 0 aliphatic carbocycles. The van der Waals surface area contributed by atoms with E-state index < -0.39 is 0 Å². The van der Waals surface area contributed by atoms with Crippen LogP contribution in [0.3, 0.4) is 0 Å². The molecule has 1 aromatic heterocycles. The molecule has 0 fully saturated rings. The maximum atomic E-state index is 11.8. The second-order valence-electron chi connectivity index (χ2n) is 4.79. The van der Waals surface area contributed by atoms with E-state index in [1.165, 1.54) is 38.5 Å². The van der Waals surface area contributed by atoms with Crippen LogP contribution in [-0.2, 0) is 0 Å². The van der Waals surface area contributed by atoms with Crippen LogP contribution in [0.1, 0.15) is 62.2 Å². The summed E-state index contributed by atoms with van der Waals surface area (Å²) in [5, 5.41) is 2.92. The van der Waals surface area contributed by atoms with E-state index in [-0.39, 0.29) is 5.91 Å². The lowest BCUT2D eigenvalue weighted by Gasteiger charge is -2.05. The Morgan fingerprint density at radius 2 is 1.89 bits per heavy atom. The molecular formula is C15H24N2OS. The maximum Gasteiger partial charge on any atom is 0.254 e. The van der Waals surface area contributed by atoms with E-state index in [1.54, 1.807) is 18.3 Å². The summed E-state index contributed by atoms with van der Waals surface area (Å²) < 4.78 is 0.500. The lowest BCUT2D eigenvalue weighted by atomic mass is 10.1. The van der Waals surface area contributed by atoms with Crippen molar-refractivity contribution in [1.82, 2.24) is 10.3 Å². The monoisotopic (exact) mass is 280 g/mol. The number of hydrogen-bond acceptors (Lipinski definition) is 2. The Balaban J connectivity index is 2.11. The third-order valence-corrected chi connectivity index (χ3v) is 3.47. The average Bonchev–Trinajstić information content (AvgIpc) is 2.42. The fourth-order valence-electron chi connectivity index (χ4n) is 1.98. The predicted octanol–water partition coefficient (Wildman–Crippen LogP) is 4.22. The van der Waals surface area contributed by atoms with Crippen LogP contribution in [0.4, 0.5) is 0 Å². The fourth-order valence-corrected chi connectivity index (χ4v) is 2.21. The molecule has 1 rings (SSSR count). The number of aromatic amines is 1. The number of unbranched alkanes of at least 4 members (excludes halogenated alkanes) is 6. The van der Waals surface area contributed by atoms with Crippen LogP contribution in [0.2, 0.25) is 0 Å². The summed E-state index contributed by atoms with van der Waals surface area (Å²) in [6.07, 6.45) is 10.5. The second kappa shape index (κ2) is 9.73. The zero-order valence-corrected chi connectivity index (χ0v) is 12.5. The van der Waals surface area contributed by atoms with E-state index in [9.17, 15) is 4.79 Å². The highest BCUT2D eigenvalue weighted by molar-refractivity contribution is 7.71. The normalized spacial score (nSPS) is 10.4. The summed E-state index contributed by atoms with van der Waals surface area (Å²) in [6, 6.07) is 3.54. The maximum absolute atomic E-state index is 11.8. The molecule has 1 heterocycles. The molecule has 3 nitrogen and oxygen atoms in total. The number of H-pyrrole nitrogens is 1. The molecule has 1 amide bonds. The molecule has 4 heteroatoms. The lowest BCUT2D eigenvalue weighted by Crippen LogP contribution is -2.24. The van der Waals surface area contributed by atoms with Crippen molar-refractivity contribution >= 4 is 18.1 Å². The van der Waals surface area contributed by atoms with Gasteiger partial charge in [-0.15, -0.1) is 0 Å². The van der Waals surface area contributed by atoms with Gasteiger partial charge in [-0.2, -0.15) is 0 Å². The van der Waals surface area contributed by atoms with Gasteiger partial charge >= 0.3 is 0 Å². The smallest absolute Gasteiger partial charge is 0.254 e. The van der Waals surface area contributed by atoms with Crippen LogP contribution in [0.25, 0.3) is 0 Å². The van der Waals surface area contributed by atoms with Crippen molar-refractivity contribution in [2.24, 2.45) is 0 Å². The van der Waals surface area contributed by atoms with Gasteiger partial charge in [0.15, 0.2) is 0 Å². The highest BCUT2D eigenvalue weighted by Gasteiger charge is 2.05. The van der Waals surface area contributed by atoms with Crippen molar-refractivity contribution in [3.63, 3.8) is 0 Å². The number of rotatable bonds is 9. The van der Waals surface area contributed by atoms with Gasteiger partial charge in [-0.05, 0) is 18.6 Å². The van der Waals surface area contributed by atoms with Gasteiger partial charge in [-0.25, -0.2) is 0 Å². The van der Waals surface area contributed by atoms with Crippen LogP contribution in [0.5, 0.6) is 0 Å². The molecule has 0 aliphatic heterocycles. The van der Waals surface area contributed by atoms with Crippen molar-refractivity contribution in [3.8, 4) is 0 Å². The Kier molecular flexibility index (Phi) is 8.14. The molecule has 0 unspecified atom stereocenters. The van der Waals surface area contributed by atoms with E-state index in [4.69, 9.17) is 12.2 Å². The van der Waals surface area contributed by atoms with Crippen LogP contribution in [0.15, 0.2) is 18.3 Å². The first-order chi connectivity index (χ1) is 9.25. The van der Waals surface area contributed by atoms with Crippen molar-refractivity contribution in [2.45, 2.75) is 51.9 Å². The standard InChI is InChI=1S/C15H24N2OS/c1-2-3-4-5-6-7-8-11-16-14(18)13-10-9-12-17-15(13)19/h9-10,12H,2-8,11H2,1H3,(H,16,18)(H,17,19). The molecule has 0 bridgehead atoms. The van der Waals surface area contributed by atoms with Gasteiger partial charge in [0.05, 0.1) is 5.56 Å². The minimum Gasteiger partial charge on any atom is -0.352 e. The molecule has 0 aliphatic rings. The topological polar surface area (TPSA) is 44.9 Å². The SMILES string of the molecule is CCCCCCCCCNC(=O)c1ccc[nH]c1=S. The zero-order valence-electron chi connectivity index (χ0n) is 11.7. The minimum absolute atomic E-state index is 0.0761. The number of aromatic nitrogens is 1. The average molecular weight is 280 g/mol. The highest BCUT2D eigenvalue weighted by atomic mass is 32.1. The Labute approximate surface area is 120 Å². The molecule has 0 atom stereocenters. The van der Waals surface area contributed by atoms with Gasteiger partial charge in [0.2, 0.25) is 0 Å². The first-order valence-corrected chi connectivity index (χ1v) is 7.62. The van der Waals surface area contributed by atoms with Crippen LogP contribution >= 0.6 is 12.2 Å². The van der Waals surface area contributed by atoms with E-state index >= 15 is 0 Å². The van der Waals surface area contributed by atoms with Gasteiger partial charge in [-0.3, -0.25) is 4.79 Å². The van der Waals surface area contributed by atoms with Crippen molar-refractivity contribution in [3.05, 3.63) is 28.5 Å². The van der Waals surface area contributed by atoms with Gasteiger partial charge < -0.3 is 10.3 Å². The number of pyridine rings is 1. The van der Waals surface area contributed by atoms with Crippen molar-refractivity contribution < 1.29 is 4.79 Å². The van der Waals surface area contributed by atoms with E-state index in [0.717, 1.165) is 13.0 Å². The summed E-state index contributed by atoms with van der Waals surface area (Å²) in [5.41, 5.74) is 0.556. The molecule has 0 aromatic carbocycles. The van der Waals surface area contributed by atoms with E-state index in [2.05, 4.69) is 17.2 Å².